The number of hydrogen-bond acceptors (Lipinski definition) is 6. The van der Waals surface area contributed by atoms with Crippen LogP contribution < -0.4 is 0 Å². The second-order valence-electron chi connectivity index (χ2n) is 10.8. The summed E-state index contributed by atoms with van der Waals surface area (Å²) in [6.07, 6.45) is 7.64. The summed E-state index contributed by atoms with van der Waals surface area (Å²) in [6.45, 7) is 12.9. The van der Waals surface area contributed by atoms with Gasteiger partial charge in [-0.1, -0.05) is 45.9 Å². The van der Waals surface area contributed by atoms with Gasteiger partial charge in [0.2, 0.25) is 6.29 Å². The Morgan fingerprint density at radius 1 is 1.25 bits per heavy atom. The van der Waals surface area contributed by atoms with Gasteiger partial charge in [0.1, 0.15) is 11.9 Å². The third-order valence-electron chi connectivity index (χ3n) is 8.88. The van der Waals surface area contributed by atoms with Gasteiger partial charge in [0.25, 0.3) is 0 Å². The smallest absolute Gasteiger partial charge is 0.305 e. The average molecular weight is 449 g/mol. The highest BCUT2D eigenvalue weighted by Crippen LogP contribution is 2.64. The number of fused-ring (bicyclic) bond motifs is 5. The molecule has 1 heterocycles. The zero-order chi connectivity index (χ0) is 23.1. The molecule has 4 aliphatic rings. The molecule has 6 nitrogen and oxygen atoms in total. The second kappa shape index (κ2) is 9.11. The van der Waals surface area contributed by atoms with Crippen LogP contribution in [0.1, 0.15) is 79.1 Å². The van der Waals surface area contributed by atoms with Gasteiger partial charge in [0, 0.05) is 30.1 Å². The Hall–Kier alpha value is -1.37. The van der Waals surface area contributed by atoms with Gasteiger partial charge in [-0.3, -0.25) is 4.79 Å². The number of rotatable bonds is 7. The van der Waals surface area contributed by atoms with E-state index in [-0.39, 0.29) is 28.8 Å². The summed E-state index contributed by atoms with van der Waals surface area (Å²) in [5, 5.41) is 11.3. The third-order valence-corrected chi connectivity index (χ3v) is 8.88. The molecule has 0 aromatic heterocycles. The van der Waals surface area contributed by atoms with Crippen LogP contribution in [-0.2, 0) is 24.0 Å². The first-order valence-corrected chi connectivity index (χ1v) is 12.4. The van der Waals surface area contributed by atoms with E-state index in [1.54, 1.807) is 0 Å². The molecule has 0 spiro atoms. The Kier molecular flexibility index (Phi) is 6.77. The molecular formula is C26H40O6. The maximum Gasteiger partial charge on any atom is 0.305 e. The van der Waals surface area contributed by atoms with Crippen molar-refractivity contribution in [1.29, 1.82) is 0 Å². The zero-order valence-corrected chi connectivity index (χ0v) is 20.1. The molecule has 1 saturated heterocycles. The zero-order valence-electron chi connectivity index (χ0n) is 20.1. The largest absolute Gasteiger partial charge is 0.462 e. The van der Waals surface area contributed by atoms with Crippen LogP contribution in [0.15, 0.2) is 24.0 Å². The molecule has 1 aliphatic heterocycles. The molecule has 3 fully saturated rings. The predicted molar refractivity (Wildman–Crippen MR) is 120 cm³/mol. The quantitative estimate of drug-likeness (QED) is 0.193. The van der Waals surface area contributed by atoms with Gasteiger partial charge in [-0.2, -0.15) is 4.89 Å². The van der Waals surface area contributed by atoms with Crippen molar-refractivity contribution in [3.05, 3.63) is 24.0 Å². The van der Waals surface area contributed by atoms with Crippen LogP contribution in [0.3, 0.4) is 0 Å². The highest BCUT2D eigenvalue weighted by Gasteiger charge is 2.62. The summed E-state index contributed by atoms with van der Waals surface area (Å²) in [7, 11) is 0. The van der Waals surface area contributed by atoms with Crippen molar-refractivity contribution in [2.75, 3.05) is 6.61 Å². The van der Waals surface area contributed by atoms with E-state index in [0.29, 0.717) is 37.0 Å². The maximum atomic E-state index is 12.0. The third kappa shape index (κ3) is 4.03. The van der Waals surface area contributed by atoms with Crippen LogP contribution in [-0.4, -0.2) is 36.2 Å². The number of hydrogen-bond donors (Lipinski definition) is 1. The Morgan fingerprint density at radius 2 is 2.03 bits per heavy atom. The average Bonchev–Trinajstić information content (AvgIpc) is 3.09. The lowest BCUT2D eigenvalue weighted by Gasteiger charge is -2.58. The molecule has 6 heteroatoms. The summed E-state index contributed by atoms with van der Waals surface area (Å²) in [4.78, 5) is 22.9. The fourth-order valence-corrected chi connectivity index (χ4v) is 7.06. The molecule has 0 bridgehead atoms. The van der Waals surface area contributed by atoms with Gasteiger partial charge in [0.15, 0.2) is 0 Å². The molecule has 0 amide bonds. The lowest BCUT2D eigenvalue weighted by Crippen LogP contribution is -2.57. The molecule has 0 aromatic rings. The number of ether oxygens (including phenoxy) is 2. The Labute approximate surface area is 192 Å². The summed E-state index contributed by atoms with van der Waals surface area (Å²) in [5.41, 5.74) is 1.02. The van der Waals surface area contributed by atoms with Crippen molar-refractivity contribution in [2.45, 2.75) is 97.6 Å². The van der Waals surface area contributed by atoms with Crippen molar-refractivity contribution in [3.8, 4) is 0 Å². The summed E-state index contributed by atoms with van der Waals surface area (Å²) in [6, 6.07) is 0. The fourth-order valence-electron chi connectivity index (χ4n) is 7.06. The predicted octanol–water partition coefficient (Wildman–Crippen LogP) is 5.07. The normalized spacial score (nSPS) is 42.8. The van der Waals surface area contributed by atoms with E-state index in [0.717, 1.165) is 38.5 Å². The minimum atomic E-state index is -0.497. The van der Waals surface area contributed by atoms with E-state index in [1.807, 2.05) is 6.92 Å². The lowest BCUT2D eigenvalue weighted by atomic mass is 9.49. The summed E-state index contributed by atoms with van der Waals surface area (Å²) < 4.78 is 12.0. The molecule has 2 saturated carbocycles. The van der Waals surface area contributed by atoms with Crippen molar-refractivity contribution in [2.24, 2.45) is 28.6 Å². The second-order valence-corrected chi connectivity index (χ2v) is 10.8. The maximum absolute atomic E-state index is 12.0. The van der Waals surface area contributed by atoms with Gasteiger partial charge in [-0.05, 0) is 49.9 Å². The molecule has 8 atom stereocenters. The van der Waals surface area contributed by atoms with Gasteiger partial charge < -0.3 is 19.5 Å². The van der Waals surface area contributed by atoms with E-state index < -0.39 is 12.4 Å². The number of carbonyl (C=O) groups is 1. The van der Waals surface area contributed by atoms with E-state index in [2.05, 4.69) is 33.4 Å². The Bertz CT molecular complexity index is 761. The first-order chi connectivity index (χ1) is 15.2. The van der Waals surface area contributed by atoms with Gasteiger partial charge in [-0.25, -0.2) is 0 Å². The van der Waals surface area contributed by atoms with Crippen molar-refractivity contribution in [1.82, 2.24) is 0 Å². The molecule has 4 rings (SSSR count). The SMILES string of the molecule is C=C(CCC)OO[C@@H]1CC2=C[C@H](O)C3C(CC[C@@]4(C)C3CC[C@@H]4OC(=O)CC)[C@@]2(C)CO1. The van der Waals surface area contributed by atoms with Crippen molar-refractivity contribution in [3.63, 3.8) is 0 Å². The van der Waals surface area contributed by atoms with Crippen molar-refractivity contribution < 1.29 is 29.1 Å². The van der Waals surface area contributed by atoms with Gasteiger partial charge in [-0.15, -0.1) is 0 Å². The summed E-state index contributed by atoms with van der Waals surface area (Å²) >= 11 is 0. The van der Waals surface area contributed by atoms with Crippen molar-refractivity contribution >= 4 is 5.97 Å². The Morgan fingerprint density at radius 3 is 2.75 bits per heavy atom. The first kappa shape index (κ1) is 23.8. The van der Waals surface area contributed by atoms with Crippen LogP contribution in [0.4, 0.5) is 0 Å². The van der Waals surface area contributed by atoms with E-state index in [1.165, 1.54) is 5.57 Å². The molecule has 3 unspecified atom stereocenters. The number of carbonyl (C=O) groups excluding carboxylic acids is 1. The number of esters is 1. The molecule has 3 aliphatic carbocycles. The standard InChI is InChI=1S/C26H40O6/c1-6-8-16(3)31-32-23-14-17-13-20(27)24-18-9-10-21(30-22(28)7-2)25(18,4)12-11-19(24)26(17,5)15-29-23/h13,18-21,23-24,27H,3,6-12,14-15H2,1-2,4-5H3/t18?,19?,20-,21-,23+,24?,25-,26-/m0/s1. The van der Waals surface area contributed by atoms with E-state index in [9.17, 15) is 9.90 Å². The first-order valence-electron chi connectivity index (χ1n) is 12.4. The molecule has 32 heavy (non-hydrogen) atoms. The molecule has 180 valence electrons. The van der Waals surface area contributed by atoms with Gasteiger partial charge in [0.05, 0.1) is 12.7 Å². The Balaban J connectivity index is 1.49. The lowest BCUT2D eigenvalue weighted by molar-refractivity contribution is -0.368. The van der Waals surface area contributed by atoms with E-state index in [4.69, 9.17) is 19.2 Å². The molecule has 0 radical (unpaired) electrons. The number of aliphatic hydroxyl groups is 1. The molecule has 0 aromatic carbocycles. The van der Waals surface area contributed by atoms with E-state index >= 15 is 0 Å². The monoisotopic (exact) mass is 448 g/mol. The molecular weight excluding hydrogens is 408 g/mol. The number of aliphatic hydroxyl groups excluding tert-OH is 1. The summed E-state index contributed by atoms with van der Waals surface area (Å²) in [5.74, 6) is 1.33. The van der Waals surface area contributed by atoms with Gasteiger partial charge >= 0.3 is 5.97 Å². The highest BCUT2D eigenvalue weighted by atomic mass is 17.2. The van der Waals surface area contributed by atoms with Crippen LogP contribution in [0, 0.1) is 28.6 Å². The van der Waals surface area contributed by atoms with Crippen LogP contribution in [0.2, 0.25) is 0 Å². The highest BCUT2D eigenvalue weighted by molar-refractivity contribution is 5.69. The van der Waals surface area contributed by atoms with Crippen LogP contribution in [0.5, 0.6) is 0 Å². The number of allylic oxidation sites excluding steroid dienone is 1. The topological polar surface area (TPSA) is 74.2 Å². The van der Waals surface area contributed by atoms with Crippen LogP contribution in [0.25, 0.3) is 0 Å². The minimum Gasteiger partial charge on any atom is -0.462 e. The minimum absolute atomic E-state index is 0.0416. The van der Waals surface area contributed by atoms with Crippen LogP contribution >= 0.6 is 0 Å². The molecule has 1 N–H and O–H groups in total. The fraction of sp³-hybridized carbons (Fsp3) is 0.808.